The van der Waals surface area contributed by atoms with Gasteiger partial charge in [0.05, 0.1) is 16.2 Å². The molecule has 1 aliphatic carbocycles. The molecule has 1 aromatic carbocycles. The molecular formula is C15H21FN2O4S. The molecule has 0 spiro atoms. The van der Waals surface area contributed by atoms with Crippen molar-refractivity contribution in [3.63, 3.8) is 0 Å². The second-order valence-electron chi connectivity index (χ2n) is 6.18. The number of sulfonamides is 1. The van der Waals surface area contributed by atoms with Crippen molar-refractivity contribution < 1.29 is 17.7 Å². The first-order chi connectivity index (χ1) is 10.7. The minimum atomic E-state index is -3.60. The second-order valence-corrected chi connectivity index (χ2v) is 8.44. The number of nitro groups is 1. The van der Waals surface area contributed by atoms with Crippen molar-refractivity contribution >= 4 is 15.7 Å². The third kappa shape index (κ3) is 3.69. The lowest BCUT2D eigenvalue weighted by molar-refractivity contribution is -0.384. The van der Waals surface area contributed by atoms with Crippen LogP contribution in [0.5, 0.6) is 0 Å². The van der Waals surface area contributed by atoms with Gasteiger partial charge in [0, 0.05) is 12.1 Å². The maximum absolute atomic E-state index is 15.6. The lowest BCUT2D eigenvalue weighted by Gasteiger charge is -2.38. The molecule has 1 aliphatic rings. The van der Waals surface area contributed by atoms with Gasteiger partial charge in [-0.3, -0.25) is 10.1 Å². The van der Waals surface area contributed by atoms with Crippen LogP contribution in [0.25, 0.3) is 0 Å². The monoisotopic (exact) mass is 344 g/mol. The summed E-state index contributed by atoms with van der Waals surface area (Å²) in [5.41, 5.74) is -1.69. The number of benzene rings is 1. The van der Waals surface area contributed by atoms with E-state index in [4.69, 9.17) is 0 Å². The van der Waals surface area contributed by atoms with E-state index in [1.54, 1.807) is 0 Å². The zero-order valence-corrected chi connectivity index (χ0v) is 14.0. The summed E-state index contributed by atoms with van der Waals surface area (Å²) in [5.74, 6) is 0. The molecule has 0 radical (unpaired) electrons. The average molecular weight is 344 g/mol. The van der Waals surface area contributed by atoms with E-state index < -0.39 is 31.9 Å². The molecule has 8 heteroatoms. The molecule has 2 unspecified atom stereocenters. The Hall–Kier alpha value is -1.54. The summed E-state index contributed by atoms with van der Waals surface area (Å²) in [6.45, 7) is 3.08. The van der Waals surface area contributed by atoms with E-state index in [-0.39, 0.29) is 17.7 Å². The molecule has 2 atom stereocenters. The van der Waals surface area contributed by atoms with Gasteiger partial charge in [-0.15, -0.1) is 0 Å². The summed E-state index contributed by atoms with van der Waals surface area (Å²) >= 11 is 0. The van der Waals surface area contributed by atoms with Crippen LogP contribution >= 0.6 is 0 Å². The van der Waals surface area contributed by atoms with Crippen LogP contribution in [-0.2, 0) is 15.7 Å². The fraction of sp³-hybridized carbons (Fsp3) is 0.600. The summed E-state index contributed by atoms with van der Waals surface area (Å²) in [7, 11) is -3.60. The molecule has 1 fully saturated rings. The zero-order chi connectivity index (χ0) is 17.3. The summed E-state index contributed by atoms with van der Waals surface area (Å²) in [6, 6.07) is 4.39. The summed E-state index contributed by atoms with van der Waals surface area (Å²) < 4.78 is 42.3. The van der Waals surface area contributed by atoms with Crippen LogP contribution in [0.15, 0.2) is 24.3 Å². The molecule has 1 aromatic rings. The molecule has 0 aliphatic heterocycles. The minimum Gasteiger partial charge on any atom is -0.258 e. The Bertz CT molecular complexity index is 675. The van der Waals surface area contributed by atoms with Crippen LogP contribution in [0.3, 0.4) is 0 Å². The first-order valence-corrected chi connectivity index (χ1v) is 9.16. The number of halogens is 1. The molecule has 128 valence electrons. The number of alkyl halides is 1. The number of nitrogens with one attached hydrogen (secondary N) is 1. The maximum Gasteiger partial charge on any atom is 0.269 e. The van der Waals surface area contributed by atoms with Crippen molar-refractivity contribution in [3.8, 4) is 0 Å². The van der Waals surface area contributed by atoms with Gasteiger partial charge >= 0.3 is 0 Å². The second kappa shape index (κ2) is 6.52. The van der Waals surface area contributed by atoms with E-state index in [0.29, 0.717) is 12.8 Å². The summed E-state index contributed by atoms with van der Waals surface area (Å²) in [5, 5.41) is 10.1. The summed E-state index contributed by atoms with van der Waals surface area (Å²) in [6.07, 6.45) is 1.98. The number of non-ortho nitro benzene ring substituents is 1. The van der Waals surface area contributed by atoms with Gasteiger partial charge in [-0.05, 0) is 50.8 Å². The Morgan fingerprint density at radius 3 is 2.43 bits per heavy atom. The Kier molecular flexibility index (Phi) is 5.05. The van der Waals surface area contributed by atoms with Gasteiger partial charge in [-0.2, -0.15) is 0 Å². The predicted octanol–water partition coefficient (Wildman–Crippen LogP) is 3.03. The van der Waals surface area contributed by atoms with Gasteiger partial charge in [0.15, 0.2) is 5.67 Å². The predicted molar refractivity (Wildman–Crippen MR) is 85.3 cm³/mol. The van der Waals surface area contributed by atoms with Crippen LogP contribution in [0, 0.1) is 10.1 Å². The standard InChI is InChI=1S/C15H21FN2O4S/c1-11(2)23(21,22)17-14-5-3-4-10-15(14,16)12-6-8-13(9-7-12)18(19)20/h6-9,11,14,17H,3-5,10H2,1-2H3. The van der Waals surface area contributed by atoms with E-state index in [0.717, 1.165) is 6.42 Å². The Balaban J connectivity index is 2.33. The van der Waals surface area contributed by atoms with Crippen molar-refractivity contribution in [2.45, 2.75) is 56.5 Å². The molecular weight excluding hydrogens is 323 g/mol. The smallest absolute Gasteiger partial charge is 0.258 e. The number of rotatable bonds is 5. The van der Waals surface area contributed by atoms with E-state index in [9.17, 15) is 18.5 Å². The van der Waals surface area contributed by atoms with Gasteiger partial charge in [-0.25, -0.2) is 17.5 Å². The summed E-state index contributed by atoms with van der Waals surface area (Å²) in [4.78, 5) is 10.2. The molecule has 0 bridgehead atoms. The largest absolute Gasteiger partial charge is 0.269 e. The molecule has 0 amide bonds. The van der Waals surface area contributed by atoms with Crippen LogP contribution < -0.4 is 4.72 Å². The van der Waals surface area contributed by atoms with Crippen molar-refractivity contribution in [1.29, 1.82) is 0 Å². The third-order valence-corrected chi connectivity index (χ3v) is 6.18. The Morgan fingerprint density at radius 1 is 1.30 bits per heavy atom. The molecule has 0 aromatic heterocycles. The van der Waals surface area contributed by atoms with Gasteiger partial charge in [0.25, 0.3) is 5.69 Å². The van der Waals surface area contributed by atoms with Gasteiger partial charge in [0.2, 0.25) is 10.0 Å². The Labute approximate surface area is 135 Å². The highest BCUT2D eigenvalue weighted by Crippen LogP contribution is 2.41. The lowest BCUT2D eigenvalue weighted by atomic mass is 9.77. The topological polar surface area (TPSA) is 89.3 Å². The highest BCUT2D eigenvalue weighted by molar-refractivity contribution is 7.90. The van der Waals surface area contributed by atoms with E-state index >= 15 is 4.39 Å². The van der Waals surface area contributed by atoms with Crippen LogP contribution in [0.1, 0.15) is 45.1 Å². The molecule has 23 heavy (non-hydrogen) atoms. The number of hydrogen-bond acceptors (Lipinski definition) is 4. The van der Waals surface area contributed by atoms with Crippen molar-refractivity contribution in [2.75, 3.05) is 0 Å². The van der Waals surface area contributed by atoms with E-state index in [1.807, 2.05) is 0 Å². The molecule has 1 saturated carbocycles. The Morgan fingerprint density at radius 2 is 1.91 bits per heavy atom. The van der Waals surface area contributed by atoms with Crippen molar-refractivity contribution in [2.24, 2.45) is 0 Å². The van der Waals surface area contributed by atoms with Gasteiger partial charge in [-0.1, -0.05) is 6.42 Å². The highest BCUT2D eigenvalue weighted by Gasteiger charge is 2.44. The van der Waals surface area contributed by atoms with Crippen LogP contribution in [0.4, 0.5) is 10.1 Å². The third-order valence-electron chi connectivity index (χ3n) is 4.32. The first kappa shape index (κ1) is 17.8. The van der Waals surface area contributed by atoms with Gasteiger partial charge in [0.1, 0.15) is 0 Å². The maximum atomic E-state index is 15.6. The average Bonchev–Trinajstić information content (AvgIpc) is 2.49. The normalized spacial score (nSPS) is 25.5. The molecule has 6 nitrogen and oxygen atoms in total. The quantitative estimate of drug-likeness (QED) is 0.657. The fourth-order valence-corrected chi connectivity index (χ4v) is 3.80. The molecule has 1 N–H and O–H groups in total. The van der Waals surface area contributed by atoms with Crippen LogP contribution in [0.2, 0.25) is 0 Å². The highest BCUT2D eigenvalue weighted by atomic mass is 32.2. The number of nitrogens with zero attached hydrogens (tertiary/aromatic N) is 1. The lowest BCUT2D eigenvalue weighted by Crippen LogP contribution is -2.51. The van der Waals surface area contributed by atoms with Crippen molar-refractivity contribution in [3.05, 3.63) is 39.9 Å². The fourth-order valence-electron chi connectivity index (χ4n) is 2.83. The molecule has 0 heterocycles. The number of hydrogen-bond donors (Lipinski definition) is 1. The van der Waals surface area contributed by atoms with Gasteiger partial charge < -0.3 is 0 Å². The SMILES string of the molecule is CC(C)S(=O)(=O)NC1CCCCC1(F)c1ccc([N+](=O)[O-])cc1. The van der Waals surface area contributed by atoms with E-state index in [1.165, 1.54) is 38.1 Å². The molecule has 0 saturated heterocycles. The van der Waals surface area contributed by atoms with E-state index in [2.05, 4.69) is 4.72 Å². The zero-order valence-electron chi connectivity index (χ0n) is 13.2. The first-order valence-electron chi connectivity index (χ1n) is 7.62. The minimum absolute atomic E-state index is 0.118. The van der Waals surface area contributed by atoms with Crippen molar-refractivity contribution in [1.82, 2.24) is 4.72 Å². The van der Waals surface area contributed by atoms with Crippen LogP contribution in [-0.4, -0.2) is 24.6 Å². The number of nitro benzene ring substituents is 1. The molecule has 2 rings (SSSR count).